The van der Waals surface area contributed by atoms with Crippen LogP contribution in [0.4, 0.5) is 15.3 Å². The van der Waals surface area contributed by atoms with Crippen LogP contribution >= 0.6 is 11.3 Å². The molecule has 1 aliphatic heterocycles. The highest BCUT2D eigenvalue weighted by atomic mass is 32.1. The van der Waals surface area contributed by atoms with Gasteiger partial charge in [0, 0.05) is 50.6 Å². The fraction of sp³-hybridized carbons (Fsp3) is 0.614. The Morgan fingerprint density at radius 1 is 0.985 bits per heavy atom. The fourth-order valence-corrected chi connectivity index (χ4v) is 8.10. The topological polar surface area (TPSA) is 295 Å². The third kappa shape index (κ3) is 16.3. The van der Waals surface area contributed by atoms with Gasteiger partial charge in [-0.15, -0.1) is 11.3 Å². The molecule has 20 nitrogen and oxygen atoms in total. The molecule has 0 radical (unpaired) electrons. The summed E-state index contributed by atoms with van der Waals surface area (Å²) in [5.41, 5.74) is 12.0. The predicted molar refractivity (Wildman–Crippen MR) is 242 cm³/mol. The third-order valence-electron chi connectivity index (χ3n) is 11.4. The quantitative estimate of drug-likeness (QED) is 0.0616. The molecule has 0 bridgehead atoms. The second-order valence-electron chi connectivity index (χ2n) is 17.1. The van der Waals surface area contributed by atoms with E-state index in [1.807, 2.05) is 27.7 Å². The second-order valence-corrected chi connectivity index (χ2v) is 17.9. The maximum atomic E-state index is 14.3. The Labute approximate surface area is 384 Å². The van der Waals surface area contributed by atoms with Gasteiger partial charge in [-0.2, -0.15) is 0 Å². The summed E-state index contributed by atoms with van der Waals surface area (Å²) in [5, 5.41) is 21.9. The first-order chi connectivity index (χ1) is 30.6. The fourth-order valence-electron chi connectivity index (χ4n) is 7.27. The van der Waals surface area contributed by atoms with Crippen LogP contribution in [0.25, 0.3) is 0 Å². The Balaban J connectivity index is 1.69. The summed E-state index contributed by atoms with van der Waals surface area (Å²) in [6.07, 6.45) is 1.25. The molecule has 2 aromatic rings. The van der Waals surface area contributed by atoms with Crippen LogP contribution in [0.5, 0.6) is 0 Å². The van der Waals surface area contributed by atoms with Crippen molar-refractivity contribution < 1.29 is 52.9 Å². The van der Waals surface area contributed by atoms with Crippen LogP contribution in [-0.2, 0) is 40.1 Å². The minimum atomic E-state index is -1.22. The lowest BCUT2D eigenvalue weighted by molar-refractivity contribution is -0.149. The number of ether oxygens (including phenoxy) is 2. The Morgan fingerprint density at radius 3 is 2.23 bits per heavy atom. The minimum absolute atomic E-state index is 0.125. The van der Waals surface area contributed by atoms with Crippen molar-refractivity contribution in [2.45, 2.75) is 136 Å². The van der Waals surface area contributed by atoms with E-state index >= 15 is 0 Å². The molecule has 1 aromatic heterocycles. The lowest BCUT2D eigenvalue weighted by atomic mass is 9.92. The first kappa shape index (κ1) is 53.5. The second kappa shape index (κ2) is 25.6. The zero-order chi connectivity index (χ0) is 48.5. The van der Waals surface area contributed by atoms with E-state index in [0.29, 0.717) is 43.4 Å². The molecule has 7 atom stereocenters. The molecule has 7 amide bonds. The molecule has 0 aliphatic carbocycles. The average Bonchev–Trinajstić information content (AvgIpc) is 3.77. The number of likely N-dealkylation sites (tertiary alicyclic amines) is 1. The number of hydrogen-bond donors (Lipinski definition) is 7. The standard InChI is InChI=1S/C44H67N9O11S/c1-9-26(6)36(41(58)52(8)33(24(2)3)21-34(64-27(7)54)40-50-31(23-65-40)42(59)60)51-38(56)32-14-10-11-20-53(32)44(62)63-22-28-15-17-29(18-16-28)48-37(55)30(13-12-19-47-43(46)61)49-39(57)35(45)25(4)5/h15-18,23-26,30,32-36H,9-14,19-22,45H2,1-8H3,(H,48,55)(H,49,57)(H,51,56)(H,59,60)(H3,46,47,61)/t26-,30-,32+,33+,34+,35-,36-/m0/s1. The maximum Gasteiger partial charge on any atom is 0.410 e. The molecule has 0 saturated carbocycles. The van der Waals surface area contributed by atoms with Gasteiger partial charge in [0.25, 0.3) is 0 Å². The van der Waals surface area contributed by atoms with Crippen molar-refractivity contribution >= 4 is 64.7 Å². The lowest BCUT2D eigenvalue weighted by Crippen LogP contribution is -2.59. The zero-order valence-corrected chi connectivity index (χ0v) is 39.4. The number of carbonyl (C=O) groups excluding carboxylic acids is 7. The van der Waals surface area contributed by atoms with E-state index in [0.717, 1.165) is 11.3 Å². The van der Waals surface area contributed by atoms with Crippen LogP contribution < -0.4 is 32.7 Å². The summed E-state index contributed by atoms with van der Waals surface area (Å²) in [6.45, 7) is 12.7. The van der Waals surface area contributed by atoms with E-state index < -0.39 is 78.1 Å². The summed E-state index contributed by atoms with van der Waals surface area (Å²) in [7, 11) is 1.62. The summed E-state index contributed by atoms with van der Waals surface area (Å²) in [5.74, 6) is -4.30. The number of aromatic nitrogens is 1. The zero-order valence-electron chi connectivity index (χ0n) is 38.6. The van der Waals surface area contributed by atoms with Crippen molar-refractivity contribution in [3.8, 4) is 0 Å². The summed E-state index contributed by atoms with van der Waals surface area (Å²) < 4.78 is 11.3. The molecular weight excluding hydrogens is 863 g/mol. The average molecular weight is 930 g/mol. The highest BCUT2D eigenvalue weighted by Crippen LogP contribution is 2.31. The molecule has 0 unspecified atom stereocenters. The van der Waals surface area contributed by atoms with Crippen LogP contribution in [0.2, 0.25) is 0 Å². The molecule has 0 spiro atoms. The van der Waals surface area contributed by atoms with E-state index in [1.54, 1.807) is 45.2 Å². The van der Waals surface area contributed by atoms with Gasteiger partial charge in [0.1, 0.15) is 29.7 Å². The molecule has 1 aromatic carbocycles. The number of carboxylic acids is 1. The summed E-state index contributed by atoms with van der Waals surface area (Å²) in [6, 6.07) is 1.67. The third-order valence-corrected chi connectivity index (χ3v) is 12.4. The first-order valence-electron chi connectivity index (χ1n) is 22.0. The number of thiazole rings is 1. The number of esters is 1. The van der Waals surface area contributed by atoms with Crippen molar-refractivity contribution in [1.29, 1.82) is 0 Å². The molecule has 65 heavy (non-hydrogen) atoms. The number of rotatable bonds is 23. The van der Waals surface area contributed by atoms with Gasteiger partial charge in [0.05, 0.1) is 6.04 Å². The van der Waals surface area contributed by atoms with Gasteiger partial charge in [-0.1, -0.05) is 60.1 Å². The van der Waals surface area contributed by atoms with Crippen LogP contribution in [-0.4, -0.2) is 118 Å². The van der Waals surface area contributed by atoms with E-state index in [-0.39, 0.29) is 66.9 Å². The molecule has 9 N–H and O–H groups in total. The Bertz CT molecular complexity index is 1960. The van der Waals surface area contributed by atoms with Gasteiger partial charge in [-0.3, -0.25) is 28.9 Å². The lowest BCUT2D eigenvalue weighted by Gasteiger charge is -2.38. The van der Waals surface area contributed by atoms with Crippen molar-refractivity contribution in [2.75, 3.05) is 25.5 Å². The smallest absolute Gasteiger partial charge is 0.410 e. The predicted octanol–water partition coefficient (Wildman–Crippen LogP) is 3.90. The Hall–Kier alpha value is -5.83. The summed E-state index contributed by atoms with van der Waals surface area (Å²) in [4.78, 5) is 110. The largest absolute Gasteiger partial charge is 0.476 e. The molecule has 21 heteroatoms. The number of urea groups is 1. The van der Waals surface area contributed by atoms with E-state index in [9.17, 15) is 43.5 Å². The van der Waals surface area contributed by atoms with Crippen molar-refractivity contribution in [1.82, 2.24) is 30.7 Å². The number of carboxylic acid groups (broad SMARTS) is 1. The number of anilines is 1. The van der Waals surface area contributed by atoms with Gasteiger partial charge in [-0.05, 0) is 67.6 Å². The molecule has 360 valence electrons. The molecule has 1 fully saturated rings. The SMILES string of the molecule is CC[C@H](C)[C@H](NC(=O)[C@H]1CCCCN1C(=O)OCc1ccc(NC(=O)[C@H](CCCNC(N)=O)NC(=O)[C@@H](N)C(C)C)cc1)C(=O)N(C)[C@H](C[C@@H](OC(C)=O)c1nc(C(=O)O)cs1)C(C)C. The monoisotopic (exact) mass is 929 g/mol. The summed E-state index contributed by atoms with van der Waals surface area (Å²) >= 11 is 1.04. The number of nitrogens with two attached hydrogens (primary N) is 2. The van der Waals surface area contributed by atoms with E-state index in [4.69, 9.17) is 20.9 Å². The minimum Gasteiger partial charge on any atom is -0.476 e. The highest BCUT2D eigenvalue weighted by Gasteiger charge is 2.39. The Kier molecular flexibility index (Phi) is 21.1. The normalized spacial score (nSPS) is 16.5. The van der Waals surface area contributed by atoms with Gasteiger partial charge < -0.3 is 52.2 Å². The van der Waals surface area contributed by atoms with E-state index in [1.165, 1.54) is 22.1 Å². The van der Waals surface area contributed by atoms with Crippen LogP contribution in [0, 0.1) is 17.8 Å². The number of amides is 7. The number of hydrogen-bond acceptors (Lipinski definition) is 13. The number of aromatic carboxylic acids is 1. The molecule has 3 rings (SSSR count). The van der Waals surface area contributed by atoms with Crippen LogP contribution in [0.1, 0.15) is 121 Å². The van der Waals surface area contributed by atoms with Crippen LogP contribution in [0.15, 0.2) is 29.6 Å². The number of likely N-dealkylation sites (N-methyl/N-ethyl adjacent to an activating group) is 1. The highest BCUT2D eigenvalue weighted by molar-refractivity contribution is 7.09. The number of nitrogens with zero attached hydrogens (tertiary/aromatic N) is 3. The molecule has 1 aliphatic rings. The number of carbonyl (C=O) groups is 8. The van der Waals surface area contributed by atoms with Crippen molar-refractivity contribution in [3.05, 3.63) is 45.9 Å². The van der Waals surface area contributed by atoms with Gasteiger partial charge in [-0.25, -0.2) is 19.4 Å². The number of piperidine rings is 1. The van der Waals surface area contributed by atoms with Crippen molar-refractivity contribution in [3.63, 3.8) is 0 Å². The van der Waals surface area contributed by atoms with Gasteiger partial charge >= 0.3 is 24.1 Å². The molecular formula is C44H67N9O11S. The van der Waals surface area contributed by atoms with Gasteiger partial charge in [0.2, 0.25) is 23.6 Å². The van der Waals surface area contributed by atoms with Crippen LogP contribution in [0.3, 0.4) is 0 Å². The molecule has 2 heterocycles. The number of benzene rings is 1. The maximum absolute atomic E-state index is 14.3. The van der Waals surface area contributed by atoms with E-state index in [2.05, 4.69) is 26.3 Å². The van der Waals surface area contributed by atoms with Crippen molar-refractivity contribution in [2.24, 2.45) is 29.2 Å². The first-order valence-corrected chi connectivity index (χ1v) is 22.9. The Morgan fingerprint density at radius 2 is 1.66 bits per heavy atom. The number of primary amides is 1. The van der Waals surface area contributed by atoms with Gasteiger partial charge in [0.15, 0.2) is 11.8 Å². The number of nitrogens with one attached hydrogen (secondary N) is 4. The molecule has 1 saturated heterocycles.